The quantitative estimate of drug-likeness (QED) is 0.846. The molecule has 0 saturated heterocycles. The Morgan fingerprint density at radius 2 is 2.20 bits per heavy atom. The molecule has 8 heteroatoms. The topological polar surface area (TPSA) is 96.4 Å². The van der Waals surface area contributed by atoms with Crippen LogP contribution in [0.15, 0.2) is 23.4 Å². The Bertz CT molecular complexity index is 605. The second-order valence-electron chi connectivity index (χ2n) is 4.83. The molecule has 1 aliphatic carbocycles. The lowest BCUT2D eigenvalue weighted by Gasteiger charge is -2.16. The zero-order valence-electron chi connectivity index (χ0n) is 10.6. The van der Waals surface area contributed by atoms with Crippen LogP contribution in [0.4, 0.5) is 4.39 Å². The first-order chi connectivity index (χ1) is 9.40. The fourth-order valence-corrected chi connectivity index (χ4v) is 3.51. The number of nitrogens with one attached hydrogen (secondary N) is 1. The van der Waals surface area contributed by atoms with Crippen molar-refractivity contribution in [2.45, 2.75) is 24.2 Å². The van der Waals surface area contributed by atoms with E-state index < -0.39 is 27.7 Å². The first kappa shape index (κ1) is 14.9. The number of rotatable bonds is 5. The van der Waals surface area contributed by atoms with Crippen molar-refractivity contribution in [2.24, 2.45) is 11.8 Å². The summed E-state index contributed by atoms with van der Waals surface area (Å²) in [4.78, 5) is 14.2. The van der Waals surface area contributed by atoms with Gasteiger partial charge in [0.25, 0.3) is 0 Å². The van der Waals surface area contributed by atoms with Crippen molar-refractivity contribution in [1.29, 1.82) is 0 Å². The number of hydrogen-bond donors (Lipinski definition) is 2. The Balaban J connectivity index is 2.04. The average Bonchev–Trinajstić information content (AvgIpc) is 2.85. The smallest absolute Gasteiger partial charge is 0.306 e. The number of aliphatic carboxylic acids is 1. The van der Waals surface area contributed by atoms with E-state index in [9.17, 15) is 17.6 Å². The number of carboxylic acid groups (broad SMARTS) is 1. The molecule has 0 bridgehead atoms. The van der Waals surface area contributed by atoms with Crippen LogP contribution in [0, 0.1) is 17.7 Å². The zero-order valence-corrected chi connectivity index (χ0v) is 11.4. The molecule has 1 aliphatic rings. The molecular formula is C12H15FN2O4S. The number of carbonyl (C=O) groups is 1. The lowest BCUT2D eigenvalue weighted by Crippen LogP contribution is -2.33. The SMILES string of the molecule is O=C(O)C1CCCC1CNS(=O)(=O)c1cncc(F)c1. The van der Waals surface area contributed by atoms with Crippen LogP contribution in [-0.4, -0.2) is 31.0 Å². The van der Waals surface area contributed by atoms with Gasteiger partial charge in [0.1, 0.15) is 10.7 Å². The molecule has 2 unspecified atom stereocenters. The van der Waals surface area contributed by atoms with E-state index >= 15 is 0 Å². The Labute approximate surface area is 116 Å². The first-order valence-electron chi connectivity index (χ1n) is 6.23. The van der Waals surface area contributed by atoms with Gasteiger partial charge in [-0.3, -0.25) is 9.78 Å². The highest BCUT2D eigenvalue weighted by Gasteiger charge is 2.33. The molecule has 0 radical (unpaired) electrons. The third-order valence-electron chi connectivity index (χ3n) is 3.50. The van der Waals surface area contributed by atoms with Crippen molar-refractivity contribution in [1.82, 2.24) is 9.71 Å². The molecule has 0 aromatic carbocycles. The number of sulfonamides is 1. The summed E-state index contributed by atoms with van der Waals surface area (Å²) in [6, 6.07) is 0.874. The van der Waals surface area contributed by atoms with Crippen molar-refractivity contribution in [3.05, 3.63) is 24.3 Å². The van der Waals surface area contributed by atoms with Crippen LogP contribution in [0.5, 0.6) is 0 Å². The summed E-state index contributed by atoms with van der Waals surface area (Å²) in [6.45, 7) is 0.0375. The predicted molar refractivity (Wildman–Crippen MR) is 67.9 cm³/mol. The fraction of sp³-hybridized carbons (Fsp3) is 0.500. The summed E-state index contributed by atoms with van der Waals surface area (Å²) in [7, 11) is -3.86. The molecule has 0 spiro atoms. The number of carboxylic acids is 1. The molecule has 1 heterocycles. The van der Waals surface area contributed by atoms with Crippen molar-refractivity contribution in [3.63, 3.8) is 0 Å². The van der Waals surface area contributed by atoms with E-state index in [1.165, 1.54) is 0 Å². The van der Waals surface area contributed by atoms with Crippen LogP contribution in [-0.2, 0) is 14.8 Å². The molecule has 2 atom stereocenters. The summed E-state index contributed by atoms with van der Waals surface area (Å²) >= 11 is 0. The van der Waals surface area contributed by atoms with Crippen LogP contribution in [0.3, 0.4) is 0 Å². The summed E-state index contributed by atoms with van der Waals surface area (Å²) in [5, 5.41) is 9.03. The molecule has 20 heavy (non-hydrogen) atoms. The third kappa shape index (κ3) is 3.31. The van der Waals surface area contributed by atoms with Gasteiger partial charge in [0.2, 0.25) is 10.0 Å². The monoisotopic (exact) mass is 302 g/mol. The number of nitrogens with zero attached hydrogens (tertiary/aromatic N) is 1. The van der Waals surface area contributed by atoms with E-state index in [1.54, 1.807) is 0 Å². The van der Waals surface area contributed by atoms with Crippen LogP contribution < -0.4 is 4.72 Å². The van der Waals surface area contributed by atoms with Gasteiger partial charge in [-0.1, -0.05) is 6.42 Å². The van der Waals surface area contributed by atoms with Crippen LogP contribution >= 0.6 is 0 Å². The second-order valence-corrected chi connectivity index (χ2v) is 6.59. The molecule has 6 nitrogen and oxygen atoms in total. The molecule has 0 amide bonds. The Morgan fingerprint density at radius 1 is 1.45 bits per heavy atom. The van der Waals surface area contributed by atoms with Gasteiger partial charge in [0.15, 0.2) is 0 Å². The standard InChI is InChI=1S/C12H15FN2O4S/c13-9-4-10(7-14-6-9)20(18,19)15-5-8-2-1-3-11(8)12(16)17/h4,6-8,11,15H,1-3,5H2,(H,16,17). The molecule has 2 N–H and O–H groups in total. The molecule has 1 aromatic heterocycles. The van der Waals surface area contributed by atoms with Gasteiger partial charge in [-0.2, -0.15) is 0 Å². The summed E-state index contributed by atoms with van der Waals surface area (Å²) < 4.78 is 39.2. The minimum Gasteiger partial charge on any atom is -0.481 e. The summed E-state index contributed by atoms with van der Waals surface area (Å²) in [5.41, 5.74) is 0. The largest absolute Gasteiger partial charge is 0.481 e. The summed E-state index contributed by atoms with van der Waals surface area (Å²) in [5.74, 6) is -2.40. The maximum atomic E-state index is 13.0. The summed E-state index contributed by atoms with van der Waals surface area (Å²) in [6.07, 6.45) is 3.96. The third-order valence-corrected chi connectivity index (χ3v) is 4.89. The van der Waals surface area contributed by atoms with Crippen molar-refractivity contribution >= 4 is 16.0 Å². The first-order valence-corrected chi connectivity index (χ1v) is 7.71. The second kappa shape index (κ2) is 5.84. The van der Waals surface area contributed by atoms with E-state index in [2.05, 4.69) is 9.71 Å². The van der Waals surface area contributed by atoms with Gasteiger partial charge in [0, 0.05) is 12.7 Å². The highest BCUT2D eigenvalue weighted by molar-refractivity contribution is 7.89. The maximum absolute atomic E-state index is 13.0. The van der Waals surface area contributed by atoms with Gasteiger partial charge in [-0.15, -0.1) is 0 Å². The lowest BCUT2D eigenvalue weighted by atomic mass is 9.97. The predicted octanol–water partition coefficient (Wildman–Crippen LogP) is 1.000. The molecule has 110 valence electrons. The number of hydrogen-bond acceptors (Lipinski definition) is 4. The molecule has 0 aliphatic heterocycles. The minimum atomic E-state index is -3.86. The highest BCUT2D eigenvalue weighted by atomic mass is 32.2. The van der Waals surface area contributed by atoms with Crippen molar-refractivity contribution in [2.75, 3.05) is 6.54 Å². The highest BCUT2D eigenvalue weighted by Crippen LogP contribution is 2.31. The lowest BCUT2D eigenvalue weighted by molar-refractivity contribution is -0.142. The van der Waals surface area contributed by atoms with Crippen LogP contribution in [0.2, 0.25) is 0 Å². The van der Waals surface area contributed by atoms with E-state index in [0.717, 1.165) is 24.9 Å². The van der Waals surface area contributed by atoms with Gasteiger partial charge in [-0.05, 0) is 24.8 Å². The van der Waals surface area contributed by atoms with Crippen LogP contribution in [0.25, 0.3) is 0 Å². The van der Waals surface area contributed by atoms with Crippen molar-refractivity contribution in [3.8, 4) is 0 Å². The minimum absolute atomic E-state index is 0.0375. The molecule has 1 saturated carbocycles. The Hall–Kier alpha value is -1.54. The van der Waals surface area contributed by atoms with Gasteiger partial charge in [0.05, 0.1) is 12.1 Å². The number of aromatic nitrogens is 1. The van der Waals surface area contributed by atoms with Crippen LogP contribution in [0.1, 0.15) is 19.3 Å². The average molecular weight is 302 g/mol. The maximum Gasteiger partial charge on any atom is 0.306 e. The normalized spacial score (nSPS) is 22.9. The molecule has 1 fully saturated rings. The molecular weight excluding hydrogens is 287 g/mol. The van der Waals surface area contributed by atoms with Gasteiger partial charge < -0.3 is 5.11 Å². The number of pyridine rings is 1. The Kier molecular flexibility index (Phi) is 4.34. The zero-order chi connectivity index (χ0) is 14.8. The molecule has 2 rings (SSSR count). The van der Waals surface area contributed by atoms with E-state index in [0.29, 0.717) is 12.8 Å². The molecule has 1 aromatic rings. The van der Waals surface area contributed by atoms with E-state index in [4.69, 9.17) is 5.11 Å². The van der Waals surface area contributed by atoms with Crippen molar-refractivity contribution < 1.29 is 22.7 Å². The van der Waals surface area contributed by atoms with E-state index in [-0.39, 0.29) is 17.4 Å². The van der Waals surface area contributed by atoms with E-state index in [1.807, 2.05) is 0 Å². The van der Waals surface area contributed by atoms with Gasteiger partial charge in [-0.25, -0.2) is 17.5 Å². The number of halogens is 1. The Morgan fingerprint density at radius 3 is 2.85 bits per heavy atom. The van der Waals surface area contributed by atoms with Gasteiger partial charge >= 0.3 is 5.97 Å². The fourth-order valence-electron chi connectivity index (χ4n) is 2.45.